The molecule has 172 valence electrons. The molecule has 2 aromatic heterocycles. The molecule has 10 heteroatoms. The van der Waals surface area contributed by atoms with E-state index in [-0.39, 0.29) is 11.7 Å². The lowest BCUT2D eigenvalue weighted by molar-refractivity contribution is -0.127. The first-order valence-corrected chi connectivity index (χ1v) is 12.0. The highest BCUT2D eigenvalue weighted by Crippen LogP contribution is 2.33. The Labute approximate surface area is 196 Å². The van der Waals surface area contributed by atoms with Gasteiger partial charge in [-0.2, -0.15) is 11.3 Å². The first kappa shape index (κ1) is 24.1. The number of amides is 1. The number of hydrogen-bond donors (Lipinski definition) is 0. The van der Waals surface area contributed by atoms with Crippen molar-refractivity contribution in [1.29, 1.82) is 0 Å². The standard InChI is InChI=1S/C22H28N4O4S2/c1-25(13-16-8-11-31-14-16)20(27)15-32-22-24-23-21(26(22)9-5-10-28-2)17-6-7-18(29-3)19(12-17)30-4/h6-8,11-12,14H,5,9-10,13,15H2,1-4H3. The Bertz CT molecular complexity index is 1010. The van der Waals surface area contributed by atoms with Gasteiger partial charge >= 0.3 is 0 Å². The Balaban J connectivity index is 1.77. The van der Waals surface area contributed by atoms with Gasteiger partial charge in [-0.15, -0.1) is 10.2 Å². The van der Waals surface area contributed by atoms with E-state index < -0.39 is 0 Å². The summed E-state index contributed by atoms with van der Waals surface area (Å²) in [6, 6.07) is 7.68. The summed E-state index contributed by atoms with van der Waals surface area (Å²) in [5, 5.41) is 13.5. The van der Waals surface area contributed by atoms with Gasteiger partial charge in [-0.1, -0.05) is 11.8 Å². The summed E-state index contributed by atoms with van der Waals surface area (Å²) in [6.07, 6.45) is 0.800. The highest BCUT2D eigenvalue weighted by Gasteiger charge is 2.18. The number of thiophene rings is 1. The zero-order chi connectivity index (χ0) is 22.9. The zero-order valence-corrected chi connectivity index (χ0v) is 20.4. The molecular weight excluding hydrogens is 448 g/mol. The van der Waals surface area contributed by atoms with Gasteiger partial charge in [-0.25, -0.2) is 0 Å². The number of carbonyl (C=O) groups is 1. The molecule has 0 aliphatic rings. The van der Waals surface area contributed by atoms with Crippen molar-refractivity contribution in [3.8, 4) is 22.9 Å². The van der Waals surface area contributed by atoms with E-state index in [0.29, 0.717) is 42.2 Å². The normalized spacial score (nSPS) is 10.9. The first-order valence-electron chi connectivity index (χ1n) is 10.1. The Morgan fingerprint density at radius 3 is 2.66 bits per heavy atom. The Kier molecular flexibility index (Phi) is 8.95. The lowest BCUT2D eigenvalue weighted by Gasteiger charge is -2.16. The second-order valence-electron chi connectivity index (χ2n) is 7.04. The van der Waals surface area contributed by atoms with Crippen LogP contribution in [0.15, 0.2) is 40.2 Å². The third kappa shape index (κ3) is 6.02. The van der Waals surface area contributed by atoms with Crippen molar-refractivity contribution in [1.82, 2.24) is 19.7 Å². The van der Waals surface area contributed by atoms with Crippen LogP contribution in [0.4, 0.5) is 0 Å². The molecule has 8 nitrogen and oxygen atoms in total. The molecule has 0 saturated heterocycles. The second-order valence-corrected chi connectivity index (χ2v) is 8.77. The smallest absolute Gasteiger partial charge is 0.233 e. The van der Waals surface area contributed by atoms with E-state index in [9.17, 15) is 4.79 Å². The fourth-order valence-electron chi connectivity index (χ4n) is 3.13. The van der Waals surface area contributed by atoms with E-state index in [1.807, 2.05) is 41.3 Å². The Hall–Kier alpha value is -2.56. The monoisotopic (exact) mass is 476 g/mol. The molecule has 32 heavy (non-hydrogen) atoms. The number of thioether (sulfide) groups is 1. The van der Waals surface area contributed by atoms with Crippen LogP contribution in [0.3, 0.4) is 0 Å². The summed E-state index contributed by atoms with van der Waals surface area (Å²) in [5.41, 5.74) is 2.00. The SMILES string of the molecule is COCCCn1c(SCC(=O)N(C)Cc2ccsc2)nnc1-c1ccc(OC)c(OC)c1. The van der Waals surface area contributed by atoms with Gasteiger partial charge in [0.25, 0.3) is 0 Å². The summed E-state index contributed by atoms with van der Waals surface area (Å²) in [7, 11) is 6.70. The molecule has 0 bridgehead atoms. The molecule has 0 aliphatic heterocycles. The average Bonchev–Trinajstić information content (AvgIpc) is 3.47. The summed E-state index contributed by atoms with van der Waals surface area (Å²) in [5.74, 6) is 2.31. The Morgan fingerprint density at radius 1 is 1.16 bits per heavy atom. The maximum Gasteiger partial charge on any atom is 0.233 e. The van der Waals surface area contributed by atoms with Gasteiger partial charge in [0.05, 0.1) is 20.0 Å². The number of benzene rings is 1. The lowest BCUT2D eigenvalue weighted by atomic mass is 10.2. The van der Waals surface area contributed by atoms with E-state index in [2.05, 4.69) is 15.6 Å². The van der Waals surface area contributed by atoms with Crippen molar-refractivity contribution >= 4 is 29.0 Å². The first-order chi connectivity index (χ1) is 15.6. The molecular formula is C22H28N4O4S2. The molecule has 0 radical (unpaired) electrons. The van der Waals surface area contributed by atoms with Crippen LogP contribution in [0, 0.1) is 0 Å². The van der Waals surface area contributed by atoms with Crippen LogP contribution < -0.4 is 9.47 Å². The van der Waals surface area contributed by atoms with Gasteiger partial charge in [0, 0.05) is 39.4 Å². The highest BCUT2D eigenvalue weighted by molar-refractivity contribution is 7.99. The number of aromatic nitrogens is 3. The van der Waals surface area contributed by atoms with Crippen LogP contribution in [-0.2, 0) is 22.6 Å². The molecule has 0 aliphatic carbocycles. The van der Waals surface area contributed by atoms with Crippen LogP contribution in [0.2, 0.25) is 0 Å². The lowest BCUT2D eigenvalue weighted by Crippen LogP contribution is -2.27. The summed E-state index contributed by atoms with van der Waals surface area (Å²) in [6.45, 7) is 1.89. The third-order valence-corrected chi connectivity index (χ3v) is 6.52. The predicted octanol–water partition coefficient (Wildman–Crippen LogP) is 3.81. The summed E-state index contributed by atoms with van der Waals surface area (Å²) >= 11 is 3.02. The molecule has 3 rings (SSSR count). The third-order valence-electron chi connectivity index (χ3n) is 4.84. The fraction of sp³-hybridized carbons (Fsp3) is 0.409. The van der Waals surface area contributed by atoms with Crippen LogP contribution >= 0.6 is 23.1 Å². The summed E-state index contributed by atoms with van der Waals surface area (Å²) in [4.78, 5) is 14.4. The van der Waals surface area contributed by atoms with Crippen molar-refractivity contribution in [3.05, 3.63) is 40.6 Å². The van der Waals surface area contributed by atoms with Gasteiger partial charge in [0.1, 0.15) is 0 Å². The van der Waals surface area contributed by atoms with E-state index >= 15 is 0 Å². The van der Waals surface area contributed by atoms with Crippen molar-refractivity contribution in [2.24, 2.45) is 0 Å². The molecule has 0 atom stereocenters. The van der Waals surface area contributed by atoms with E-state index in [1.54, 1.807) is 37.6 Å². The molecule has 0 unspecified atom stereocenters. The number of nitrogens with zero attached hydrogens (tertiary/aromatic N) is 4. The minimum atomic E-state index is 0.0420. The molecule has 0 N–H and O–H groups in total. The molecule has 3 aromatic rings. The molecule has 2 heterocycles. The van der Waals surface area contributed by atoms with E-state index in [4.69, 9.17) is 14.2 Å². The predicted molar refractivity (Wildman–Crippen MR) is 127 cm³/mol. The molecule has 1 amide bonds. The van der Waals surface area contributed by atoms with Crippen molar-refractivity contribution in [3.63, 3.8) is 0 Å². The van der Waals surface area contributed by atoms with Crippen molar-refractivity contribution < 1.29 is 19.0 Å². The van der Waals surface area contributed by atoms with E-state index in [0.717, 1.165) is 17.5 Å². The maximum absolute atomic E-state index is 12.6. The molecule has 1 aromatic carbocycles. The minimum Gasteiger partial charge on any atom is -0.493 e. The number of methoxy groups -OCH3 is 3. The second kappa shape index (κ2) is 11.9. The van der Waals surface area contributed by atoms with Crippen LogP contribution in [0.1, 0.15) is 12.0 Å². The number of hydrogen-bond acceptors (Lipinski definition) is 8. The minimum absolute atomic E-state index is 0.0420. The Morgan fingerprint density at radius 2 is 1.97 bits per heavy atom. The number of carbonyl (C=O) groups excluding carboxylic acids is 1. The molecule has 0 saturated carbocycles. The zero-order valence-electron chi connectivity index (χ0n) is 18.7. The largest absolute Gasteiger partial charge is 0.493 e. The van der Waals surface area contributed by atoms with Gasteiger partial charge in [-0.05, 0) is 47.0 Å². The maximum atomic E-state index is 12.6. The number of rotatable bonds is 12. The van der Waals surface area contributed by atoms with Crippen LogP contribution in [-0.4, -0.2) is 66.3 Å². The fourth-order valence-corrected chi connectivity index (χ4v) is 4.70. The van der Waals surface area contributed by atoms with Crippen molar-refractivity contribution in [2.45, 2.75) is 24.7 Å². The number of ether oxygens (including phenoxy) is 3. The highest BCUT2D eigenvalue weighted by atomic mass is 32.2. The topological polar surface area (TPSA) is 78.7 Å². The van der Waals surface area contributed by atoms with Crippen molar-refractivity contribution in [2.75, 3.05) is 40.7 Å². The molecule has 0 fully saturated rings. The van der Waals surface area contributed by atoms with Crippen LogP contribution in [0.25, 0.3) is 11.4 Å². The summed E-state index contributed by atoms with van der Waals surface area (Å²) < 4.78 is 18.0. The van der Waals surface area contributed by atoms with Gasteiger partial charge in [0.2, 0.25) is 5.91 Å². The average molecular weight is 477 g/mol. The quantitative estimate of drug-likeness (QED) is 0.290. The molecule has 0 spiro atoms. The van der Waals surface area contributed by atoms with Crippen LogP contribution in [0.5, 0.6) is 11.5 Å². The van der Waals surface area contributed by atoms with Gasteiger partial charge in [-0.3, -0.25) is 4.79 Å². The van der Waals surface area contributed by atoms with E-state index in [1.165, 1.54) is 11.8 Å². The van der Waals surface area contributed by atoms with Gasteiger partial charge < -0.3 is 23.7 Å². The van der Waals surface area contributed by atoms with Gasteiger partial charge in [0.15, 0.2) is 22.5 Å².